The van der Waals surface area contributed by atoms with E-state index in [-0.39, 0.29) is 5.91 Å². The zero-order chi connectivity index (χ0) is 20.2. The highest BCUT2D eigenvalue weighted by Crippen LogP contribution is 2.32. The summed E-state index contributed by atoms with van der Waals surface area (Å²) < 4.78 is 7.48. The first-order valence-corrected chi connectivity index (χ1v) is 10.9. The number of hydrogen-bond donors (Lipinski definition) is 2. The van der Waals surface area contributed by atoms with Gasteiger partial charge < -0.3 is 14.6 Å². The molecule has 0 atom stereocenters. The van der Waals surface area contributed by atoms with Gasteiger partial charge in [-0.3, -0.25) is 15.0 Å². The number of para-hydroxylation sites is 1. The summed E-state index contributed by atoms with van der Waals surface area (Å²) in [7, 11) is 0. The maximum absolute atomic E-state index is 12.7. The van der Waals surface area contributed by atoms with Crippen LogP contribution >= 0.6 is 23.6 Å². The van der Waals surface area contributed by atoms with E-state index in [0.29, 0.717) is 16.5 Å². The molecule has 0 saturated carbocycles. The van der Waals surface area contributed by atoms with Crippen LogP contribution in [0.4, 0.5) is 0 Å². The second-order valence-electron chi connectivity index (χ2n) is 7.01. The third-order valence-corrected chi connectivity index (χ3v) is 6.36. The average molecular weight is 429 g/mol. The van der Waals surface area contributed by atoms with Gasteiger partial charge in [0, 0.05) is 43.4 Å². The van der Waals surface area contributed by atoms with E-state index in [1.54, 1.807) is 0 Å². The van der Waals surface area contributed by atoms with Gasteiger partial charge in [0.05, 0.1) is 18.1 Å². The number of fused-ring (bicyclic) bond motifs is 1. The number of aromatic nitrogens is 1. The van der Waals surface area contributed by atoms with Crippen molar-refractivity contribution in [3.8, 4) is 5.69 Å². The maximum atomic E-state index is 12.7. The summed E-state index contributed by atoms with van der Waals surface area (Å²) in [4.78, 5) is 16.7. The van der Waals surface area contributed by atoms with Crippen molar-refractivity contribution in [1.82, 2.24) is 20.1 Å². The standard InChI is InChI=1S/C21H24N4O2S2/c1-15-14-25(16-5-3-2-4-6-16)20-17(15)13-18(29-20)19(26)23-21(28)22-7-8-24-9-11-27-12-10-24/h2-6,13-14H,7-12H2,1H3,(H2,22,23,26,28). The number of carbonyl (C=O) groups excluding carboxylic acids is 1. The summed E-state index contributed by atoms with van der Waals surface area (Å²) in [5, 5.41) is 7.38. The third kappa shape index (κ3) is 4.67. The van der Waals surface area contributed by atoms with Crippen LogP contribution in [0.25, 0.3) is 15.9 Å². The molecule has 29 heavy (non-hydrogen) atoms. The van der Waals surface area contributed by atoms with Crippen molar-refractivity contribution < 1.29 is 9.53 Å². The number of hydrogen-bond acceptors (Lipinski definition) is 5. The molecular formula is C21H24N4O2S2. The summed E-state index contributed by atoms with van der Waals surface area (Å²) in [5.41, 5.74) is 2.23. The van der Waals surface area contributed by atoms with Crippen LogP contribution in [-0.4, -0.2) is 59.9 Å². The molecule has 0 spiro atoms. The van der Waals surface area contributed by atoms with Crippen LogP contribution in [0.15, 0.2) is 42.6 Å². The number of thiophene rings is 1. The highest BCUT2D eigenvalue weighted by atomic mass is 32.1. The zero-order valence-electron chi connectivity index (χ0n) is 16.3. The molecule has 2 aromatic heterocycles. The number of benzene rings is 1. The van der Waals surface area contributed by atoms with Crippen molar-refractivity contribution in [2.24, 2.45) is 0 Å². The minimum Gasteiger partial charge on any atom is -0.379 e. The molecule has 0 unspecified atom stereocenters. The van der Waals surface area contributed by atoms with Gasteiger partial charge in [0.2, 0.25) is 0 Å². The normalized spacial score (nSPS) is 14.8. The van der Waals surface area contributed by atoms with E-state index in [2.05, 4.69) is 45.4 Å². The minimum atomic E-state index is -0.172. The van der Waals surface area contributed by atoms with Crippen LogP contribution in [0.3, 0.4) is 0 Å². The molecule has 0 bridgehead atoms. The Balaban J connectivity index is 1.39. The van der Waals surface area contributed by atoms with Crippen LogP contribution in [0, 0.1) is 6.92 Å². The van der Waals surface area contributed by atoms with E-state index in [1.807, 2.05) is 24.3 Å². The van der Waals surface area contributed by atoms with Gasteiger partial charge in [0.15, 0.2) is 5.11 Å². The van der Waals surface area contributed by atoms with Gasteiger partial charge in [0.25, 0.3) is 5.91 Å². The fourth-order valence-corrected chi connectivity index (χ4v) is 4.73. The summed E-state index contributed by atoms with van der Waals surface area (Å²) in [6.45, 7) is 7.06. The van der Waals surface area contributed by atoms with Gasteiger partial charge in [-0.05, 0) is 42.9 Å². The van der Waals surface area contributed by atoms with Crippen molar-refractivity contribution in [2.75, 3.05) is 39.4 Å². The molecule has 0 radical (unpaired) electrons. The molecule has 1 aliphatic heterocycles. The van der Waals surface area contributed by atoms with E-state index in [9.17, 15) is 4.79 Å². The van der Waals surface area contributed by atoms with E-state index >= 15 is 0 Å². The van der Waals surface area contributed by atoms with E-state index in [4.69, 9.17) is 17.0 Å². The van der Waals surface area contributed by atoms with Gasteiger partial charge >= 0.3 is 0 Å². The minimum absolute atomic E-state index is 0.172. The molecule has 1 aromatic carbocycles. The number of nitrogens with one attached hydrogen (secondary N) is 2. The van der Waals surface area contributed by atoms with Crippen molar-refractivity contribution in [2.45, 2.75) is 6.92 Å². The van der Waals surface area contributed by atoms with Crippen LogP contribution in [0.5, 0.6) is 0 Å². The largest absolute Gasteiger partial charge is 0.379 e. The predicted molar refractivity (Wildman–Crippen MR) is 121 cm³/mol. The molecule has 1 fully saturated rings. The van der Waals surface area contributed by atoms with Crippen LogP contribution in [-0.2, 0) is 4.74 Å². The molecule has 1 aliphatic rings. The number of nitrogens with zero attached hydrogens (tertiary/aromatic N) is 2. The summed E-state index contributed by atoms with van der Waals surface area (Å²) >= 11 is 6.78. The summed E-state index contributed by atoms with van der Waals surface area (Å²) in [6, 6.07) is 12.1. The molecule has 3 heterocycles. The second kappa shape index (κ2) is 9.04. The zero-order valence-corrected chi connectivity index (χ0v) is 17.9. The Morgan fingerprint density at radius 1 is 1.24 bits per heavy atom. The van der Waals surface area contributed by atoms with E-state index < -0.39 is 0 Å². The first kappa shape index (κ1) is 20.0. The second-order valence-corrected chi connectivity index (χ2v) is 8.45. The van der Waals surface area contributed by atoms with E-state index in [1.165, 1.54) is 11.3 Å². The predicted octanol–water partition coefficient (Wildman–Crippen LogP) is 2.94. The van der Waals surface area contributed by atoms with Gasteiger partial charge in [0.1, 0.15) is 4.83 Å². The Labute approximate surface area is 179 Å². The molecule has 6 nitrogen and oxygen atoms in total. The molecule has 1 saturated heterocycles. The van der Waals surface area contributed by atoms with Crippen LogP contribution in [0.2, 0.25) is 0 Å². The molecular weight excluding hydrogens is 404 g/mol. The Morgan fingerprint density at radius 3 is 2.76 bits per heavy atom. The van der Waals surface area contributed by atoms with Crippen molar-refractivity contribution >= 4 is 44.8 Å². The Bertz CT molecular complexity index is 1010. The fraction of sp³-hybridized carbons (Fsp3) is 0.333. The number of morpholine rings is 1. The van der Waals surface area contributed by atoms with E-state index in [0.717, 1.165) is 54.3 Å². The lowest BCUT2D eigenvalue weighted by molar-refractivity contribution is 0.0389. The third-order valence-electron chi connectivity index (χ3n) is 4.98. The lowest BCUT2D eigenvalue weighted by Gasteiger charge is -2.26. The van der Waals surface area contributed by atoms with Crippen molar-refractivity contribution in [3.05, 3.63) is 53.0 Å². The number of thiocarbonyl (C=S) groups is 1. The highest BCUT2D eigenvalue weighted by molar-refractivity contribution is 7.80. The summed E-state index contributed by atoms with van der Waals surface area (Å²) in [6.07, 6.45) is 2.11. The number of aryl methyl sites for hydroxylation is 1. The van der Waals surface area contributed by atoms with Gasteiger partial charge in [-0.2, -0.15) is 0 Å². The lowest BCUT2D eigenvalue weighted by Crippen LogP contribution is -2.44. The molecule has 4 rings (SSSR count). The summed E-state index contributed by atoms with van der Waals surface area (Å²) in [5.74, 6) is -0.172. The van der Waals surface area contributed by atoms with Gasteiger partial charge in [-0.1, -0.05) is 18.2 Å². The monoisotopic (exact) mass is 428 g/mol. The lowest BCUT2D eigenvalue weighted by atomic mass is 10.2. The molecule has 3 aromatic rings. The van der Waals surface area contributed by atoms with Gasteiger partial charge in [-0.15, -0.1) is 11.3 Å². The van der Waals surface area contributed by atoms with Crippen molar-refractivity contribution in [1.29, 1.82) is 0 Å². The number of rotatable bonds is 5. The quantitative estimate of drug-likeness (QED) is 0.612. The SMILES string of the molecule is Cc1cn(-c2ccccc2)c2sc(C(=O)NC(=S)NCCN3CCOCC3)cc12. The topological polar surface area (TPSA) is 58.5 Å². The number of ether oxygens (including phenoxy) is 1. The fourth-order valence-electron chi connectivity index (χ4n) is 3.42. The molecule has 152 valence electrons. The Morgan fingerprint density at radius 2 is 2.00 bits per heavy atom. The first-order chi connectivity index (χ1) is 14.1. The molecule has 0 aliphatic carbocycles. The molecule has 8 heteroatoms. The van der Waals surface area contributed by atoms with Crippen LogP contribution < -0.4 is 10.6 Å². The number of amides is 1. The maximum Gasteiger partial charge on any atom is 0.267 e. The van der Waals surface area contributed by atoms with Crippen molar-refractivity contribution in [3.63, 3.8) is 0 Å². The Hall–Kier alpha value is -2.26. The highest BCUT2D eigenvalue weighted by Gasteiger charge is 2.17. The molecule has 2 N–H and O–H groups in total. The van der Waals surface area contributed by atoms with Crippen LogP contribution in [0.1, 0.15) is 15.2 Å². The number of carbonyl (C=O) groups is 1. The Kier molecular flexibility index (Phi) is 6.25. The van der Waals surface area contributed by atoms with Gasteiger partial charge in [-0.25, -0.2) is 0 Å². The average Bonchev–Trinajstić information content (AvgIpc) is 3.30. The smallest absolute Gasteiger partial charge is 0.267 e. The first-order valence-electron chi connectivity index (χ1n) is 9.68. The molecule has 1 amide bonds.